The van der Waals surface area contributed by atoms with Gasteiger partial charge in [-0.3, -0.25) is 14.9 Å². The van der Waals surface area contributed by atoms with Crippen molar-refractivity contribution in [3.05, 3.63) is 33.9 Å². The van der Waals surface area contributed by atoms with Crippen LogP contribution >= 0.6 is 0 Å². The molecule has 0 saturated heterocycles. The van der Waals surface area contributed by atoms with E-state index in [9.17, 15) is 14.9 Å². The zero-order valence-corrected chi connectivity index (χ0v) is 9.34. The van der Waals surface area contributed by atoms with Gasteiger partial charge in [0.1, 0.15) is 5.69 Å². The van der Waals surface area contributed by atoms with Crippen LogP contribution < -0.4 is 16.8 Å². The molecular formula is C10H14N4O3. The molecule has 0 bridgehead atoms. The van der Waals surface area contributed by atoms with Crippen molar-refractivity contribution in [2.75, 3.05) is 11.9 Å². The van der Waals surface area contributed by atoms with E-state index in [0.717, 1.165) is 0 Å². The van der Waals surface area contributed by atoms with Gasteiger partial charge in [0.2, 0.25) is 5.91 Å². The summed E-state index contributed by atoms with van der Waals surface area (Å²) in [5, 5.41) is 13.7. The summed E-state index contributed by atoms with van der Waals surface area (Å²) in [7, 11) is 0. The van der Waals surface area contributed by atoms with Crippen molar-refractivity contribution in [2.24, 2.45) is 11.5 Å². The SMILES string of the molecule is CC(CN)Nc1cc(C(N)=O)ccc1[N+](=O)[O-]. The van der Waals surface area contributed by atoms with Crippen LogP contribution in [0.5, 0.6) is 0 Å². The zero-order chi connectivity index (χ0) is 13.0. The molecule has 1 rings (SSSR count). The van der Waals surface area contributed by atoms with Gasteiger partial charge in [-0.15, -0.1) is 0 Å². The van der Waals surface area contributed by atoms with Crippen LogP contribution in [0.3, 0.4) is 0 Å². The second kappa shape index (κ2) is 5.26. The lowest BCUT2D eigenvalue weighted by molar-refractivity contribution is -0.384. The highest BCUT2D eigenvalue weighted by Gasteiger charge is 2.16. The Morgan fingerprint density at radius 2 is 2.24 bits per heavy atom. The minimum absolute atomic E-state index is 0.115. The van der Waals surface area contributed by atoms with Crippen LogP contribution in [0.25, 0.3) is 0 Å². The number of nitrogens with two attached hydrogens (primary N) is 2. The molecule has 1 unspecified atom stereocenters. The van der Waals surface area contributed by atoms with E-state index >= 15 is 0 Å². The topological polar surface area (TPSA) is 124 Å². The third-order valence-corrected chi connectivity index (χ3v) is 2.23. The van der Waals surface area contributed by atoms with Gasteiger partial charge in [0, 0.05) is 24.2 Å². The number of nitrogens with zero attached hydrogens (tertiary/aromatic N) is 1. The van der Waals surface area contributed by atoms with Gasteiger partial charge in [-0.2, -0.15) is 0 Å². The van der Waals surface area contributed by atoms with E-state index in [2.05, 4.69) is 5.32 Å². The number of carbonyl (C=O) groups is 1. The largest absolute Gasteiger partial charge is 0.376 e. The van der Waals surface area contributed by atoms with Gasteiger partial charge in [-0.05, 0) is 19.1 Å². The number of hydrogen-bond acceptors (Lipinski definition) is 5. The molecule has 1 aromatic rings. The van der Waals surface area contributed by atoms with Gasteiger partial charge < -0.3 is 16.8 Å². The molecule has 1 aromatic carbocycles. The molecule has 0 saturated carbocycles. The monoisotopic (exact) mass is 238 g/mol. The summed E-state index contributed by atoms with van der Waals surface area (Å²) in [6.07, 6.45) is 0. The van der Waals surface area contributed by atoms with Crippen LogP contribution in [0, 0.1) is 10.1 Å². The molecule has 0 spiro atoms. The first-order chi connectivity index (χ1) is 7.95. The lowest BCUT2D eigenvalue weighted by Crippen LogP contribution is -2.25. The number of carbonyl (C=O) groups excluding carboxylic acids is 1. The fourth-order valence-corrected chi connectivity index (χ4v) is 1.29. The molecule has 0 aromatic heterocycles. The van der Waals surface area contributed by atoms with E-state index in [0.29, 0.717) is 6.54 Å². The van der Waals surface area contributed by atoms with Crippen molar-refractivity contribution in [2.45, 2.75) is 13.0 Å². The molecule has 5 N–H and O–H groups in total. The van der Waals surface area contributed by atoms with Gasteiger partial charge in [-0.25, -0.2) is 0 Å². The van der Waals surface area contributed by atoms with E-state index in [1.807, 2.05) is 0 Å². The molecule has 0 heterocycles. The highest BCUT2D eigenvalue weighted by atomic mass is 16.6. The molecule has 0 aliphatic heterocycles. The maximum absolute atomic E-state index is 11.0. The lowest BCUT2D eigenvalue weighted by atomic mass is 10.1. The average Bonchev–Trinajstić information content (AvgIpc) is 2.28. The number of anilines is 1. The molecule has 17 heavy (non-hydrogen) atoms. The van der Waals surface area contributed by atoms with E-state index in [1.165, 1.54) is 18.2 Å². The van der Waals surface area contributed by atoms with Crippen molar-refractivity contribution < 1.29 is 9.72 Å². The minimum Gasteiger partial charge on any atom is -0.376 e. The summed E-state index contributed by atoms with van der Waals surface area (Å²) >= 11 is 0. The molecular weight excluding hydrogens is 224 g/mol. The van der Waals surface area contributed by atoms with Crippen LogP contribution in [-0.2, 0) is 0 Å². The van der Waals surface area contributed by atoms with Crippen molar-refractivity contribution >= 4 is 17.3 Å². The fourth-order valence-electron chi connectivity index (χ4n) is 1.29. The summed E-state index contributed by atoms with van der Waals surface area (Å²) < 4.78 is 0. The van der Waals surface area contributed by atoms with Gasteiger partial charge in [-0.1, -0.05) is 0 Å². The van der Waals surface area contributed by atoms with E-state index in [4.69, 9.17) is 11.5 Å². The number of nitrogens with one attached hydrogen (secondary N) is 1. The van der Waals surface area contributed by atoms with E-state index < -0.39 is 10.8 Å². The van der Waals surface area contributed by atoms with Crippen LogP contribution in [0.15, 0.2) is 18.2 Å². The van der Waals surface area contributed by atoms with Gasteiger partial charge in [0.15, 0.2) is 0 Å². The summed E-state index contributed by atoms with van der Waals surface area (Å²) in [5.74, 6) is -0.636. The Hall–Kier alpha value is -2.15. The number of nitro groups is 1. The van der Waals surface area contributed by atoms with Crippen LogP contribution in [0.4, 0.5) is 11.4 Å². The Morgan fingerprint density at radius 1 is 1.59 bits per heavy atom. The minimum atomic E-state index is -0.636. The first kappa shape index (κ1) is 12.9. The highest BCUT2D eigenvalue weighted by molar-refractivity contribution is 5.94. The molecule has 1 atom stereocenters. The standard InChI is InChI=1S/C10H14N4O3/c1-6(5-11)13-8-4-7(10(12)15)2-3-9(8)14(16)17/h2-4,6,13H,5,11H2,1H3,(H2,12,15). The highest BCUT2D eigenvalue weighted by Crippen LogP contribution is 2.25. The Bertz CT molecular complexity index is 447. The van der Waals surface area contributed by atoms with Gasteiger partial charge >= 0.3 is 0 Å². The number of primary amides is 1. The summed E-state index contributed by atoms with van der Waals surface area (Å²) in [5.41, 5.74) is 10.9. The summed E-state index contributed by atoms with van der Waals surface area (Å²) in [6, 6.07) is 3.77. The molecule has 1 amide bonds. The number of hydrogen-bond donors (Lipinski definition) is 3. The fraction of sp³-hybridized carbons (Fsp3) is 0.300. The molecule has 7 heteroatoms. The normalized spacial score (nSPS) is 11.9. The smallest absolute Gasteiger partial charge is 0.292 e. The third-order valence-electron chi connectivity index (χ3n) is 2.23. The van der Waals surface area contributed by atoms with Crippen LogP contribution in [-0.4, -0.2) is 23.4 Å². The van der Waals surface area contributed by atoms with Crippen molar-refractivity contribution in [1.82, 2.24) is 0 Å². The number of nitro benzene ring substituents is 1. The maximum atomic E-state index is 11.0. The van der Waals surface area contributed by atoms with Crippen LogP contribution in [0.2, 0.25) is 0 Å². The Morgan fingerprint density at radius 3 is 2.71 bits per heavy atom. The maximum Gasteiger partial charge on any atom is 0.292 e. The third kappa shape index (κ3) is 3.15. The summed E-state index contributed by atoms with van der Waals surface area (Å²) in [6.45, 7) is 2.10. The number of rotatable bonds is 5. The predicted molar refractivity (Wildman–Crippen MR) is 63.8 cm³/mol. The van der Waals surface area contributed by atoms with Gasteiger partial charge in [0.05, 0.1) is 4.92 Å². The Balaban J connectivity index is 3.15. The van der Waals surface area contributed by atoms with Crippen molar-refractivity contribution in [3.8, 4) is 0 Å². The molecule has 0 aliphatic carbocycles. The Labute approximate surface area is 97.9 Å². The predicted octanol–water partition coefficient (Wildman–Crippen LogP) is 0.453. The second-order valence-electron chi connectivity index (χ2n) is 3.63. The summed E-state index contributed by atoms with van der Waals surface area (Å²) in [4.78, 5) is 21.2. The Kier molecular flexibility index (Phi) is 4.00. The molecule has 0 fully saturated rings. The number of benzene rings is 1. The van der Waals surface area contributed by atoms with E-state index in [1.54, 1.807) is 6.92 Å². The van der Waals surface area contributed by atoms with Crippen molar-refractivity contribution in [1.29, 1.82) is 0 Å². The second-order valence-corrected chi connectivity index (χ2v) is 3.63. The van der Waals surface area contributed by atoms with Crippen LogP contribution in [0.1, 0.15) is 17.3 Å². The van der Waals surface area contributed by atoms with Crippen molar-refractivity contribution in [3.63, 3.8) is 0 Å². The van der Waals surface area contributed by atoms with Gasteiger partial charge in [0.25, 0.3) is 5.69 Å². The first-order valence-electron chi connectivity index (χ1n) is 5.00. The van der Waals surface area contributed by atoms with E-state index in [-0.39, 0.29) is 23.0 Å². The average molecular weight is 238 g/mol. The molecule has 0 aliphatic rings. The lowest BCUT2D eigenvalue weighted by Gasteiger charge is -2.13. The molecule has 0 radical (unpaired) electrons. The molecule has 92 valence electrons. The number of amides is 1. The molecule has 7 nitrogen and oxygen atoms in total. The zero-order valence-electron chi connectivity index (χ0n) is 9.34. The first-order valence-corrected chi connectivity index (χ1v) is 5.00. The quantitative estimate of drug-likeness (QED) is 0.507.